The Bertz CT molecular complexity index is 58.6. The summed E-state index contributed by atoms with van der Waals surface area (Å²) in [5.41, 5.74) is 0. The molecule has 0 rings (SSSR count). The second-order valence-corrected chi connectivity index (χ2v) is 4.29. The van der Waals surface area contributed by atoms with Gasteiger partial charge in [0.2, 0.25) is 9.76 Å². The third-order valence-electron chi connectivity index (χ3n) is 2.00. The van der Waals surface area contributed by atoms with Crippen LogP contribution in [0, 0.1) is 0 Å². The summed E-state index contributed by atoms with van der Waals surface area (Å²) in [6, 6.07) is 1.02. The fraction of sp³-hybridized carbons (Fsp3) is 1.00. The third kappa shape index (κ3) is 10.2. The predicted octanol–water partition coefficient (Wildman–Crippen LogP) is 2.67. The number of unbranched alkanes of at least 4 members (excludes halogenated alkanes) is 6. The Hall–Kier alpha value is 0.177. The molecule has 0 unspecified atom stereocenters. The Morgan fingerprint density at radius 2 is 1.45 bits per heavy atom. The van der Waals surface area contributed by atoms with Crippen molar-refractivity contribution in [1.82, 2.24) is 0 Å². The van der Waals surface area contributed by atoms with E-state index in [2.05, 4.69) is 6.92 Å². The highest BCUT2D eigenvalue weighted by Crippen LogP contribution is 2.07. The molecular weight excluding hydrogens is 152 g/mol. The lowest BCUT2D eigenvalue weighted by Crippen LogP contribution is -1.84. The maximum Gasteiger partial charge on any atom is 0.207 e. The van der Waals surface area contributed by atoms with E-state index in [0.717, 1.165) is 6.04 Å². The normalized spacial score (nSPS) is 11.5. The van der Waals surface area contributed by atoms with Gasteiger partial charge >= 0.3 is 0 Å². The van der Waals surface area contributed by atoms with E-state index in [1.807, 2.05) is 0 Å². The molecular formula is C9H21OSi. The van der Waals surface area contributed by atoms with Gasteiger partial charge in [-0.15, -0.1) is 0 Å². The summed E-state index contributed by atoms with van der Waals surface area (Å²) in [4.78, 5) is 10.2. The molecule has 0 fully saturated rings. The van der Waals surface area contributed by atoms with Gasteiger partial charge in [0.15, 0.2) is 0 Å². The van der Waals surface area contributed by atoms with Crippen molar-refractivity contribution >= 4 is 9.76 Å². The second-order valence-electron chi connectivity index (χ2n) is 3.18. The molecule has 0 aromatic carbocycles. The van der Waals surface area contributed by atoms with Crippen LogP contribution >= 0.6 is 0 Å². The average molecular weight is 173 g/mol. The van der Waals surface area contributed by atoms with E-state index in [0.29, 0.717) is 0 Å². The molecule has 0 N–H and O–H groups in total. The van der Waals surface area contributed by atoms with Crippen LogP contribution in [0.2, 0.25) is 6.04 Å². The maximum atomic E-state index is 10.2. The quantitative estimate of drug-likeness (QED) is 0.397. The first kappa shape index (κ1) is 11.2. The largest absolute Gasteiger partial charge is 0.306 e. The van der Waals surface area contributed by atoms with Gasteiger partial charge in [-0.2, -0.15) is 0 Å². The minimum absolute atomic E-state index is 0.880. The summed E-state index contributed by atoms with van der Waals surface area (Å²) in [7, 11) is -0.880. The van der Waals surface area contributed by atoms with Crippen LogP contribution in [0.5, 0.6) is 0 Å². The zero-order valence-corrected chi connectivity index (χ0v) is 9.19. The summed E-state index contributed by atoms with van der Waals surface area (Å²) in [6.45, 7) is 2.24. The smallest absolute Gasteiger partial charge is 0.207 e. The van der Waals surface area contributed by atoms with Crippen molar-refractivity contribution in [1.29, 1.82) is 0 Å². The van der Waals surface area contributed by atoms with Gasteiger partial charge in [0.1, 0.15) is 0 Å². The first-order valence-corrected chi connectivity index (χ1v) is 6.57. The van der Waals surface area contributed by atoms with Crippen LogP contribution in [-0.2, 0) is 4.80 Å². The van der Waals surface area contributed by atoms with Crippen LogP contribution in [0.25, 0.3) is 0 Å². The molecule has 67 valence electrons. The first-order chi connectivity index (χ1) is 5.41. The summed E-state index contributed by atoms with van der Waals surface area (Å²) >= 11 is 0. The van der Waals surface area contributed by atoms with E-state index in [1.165, 1.54) is 44.9 Å². The van der Waals surface area contributed by atoms with Crippen LogP contribution in [0.3, 0.4) is 0 Å². The Morgan fingerprint density at radius 1 is 0.909 bits per heavy atom. The Morgan fingerprint density at radius 3 is 2.00 bits per heavy atom. The van der Waals surface area contributed by atoms with Gasteiger partial charge in [-0.3, -0.25) is 0 Å². The summed E-state index contributed by atoms with van der Waals surface area (Å²) in [6.07, 6.45) is 9.36. The van der Waals surface area contributed by atoms with E-state index in [9.17, 15) is 4.80 Å². The molecule has 0 amide bonds. The van der Waals surface area contributed by atoms with Crippen molar-refractivity contribution in [3.63, 3.8) is 0 Å². The molecule has 0 atom stereocenters. The Kier molecular flexibility index (Phi) is 10.3. The van der Waals surface area contributed by atoms with Gasteiger partial charge in [-0.25, -0.2) is 0 Å². The molecule has 0 aliphatic rings. The molecule has 0 aromatic rings. The van der Waals surface area contributed by atoms with E-state index >= 15 is 0 Å². The van der Waals surface area contributed by atoms with Gasteiger partial charge in [-0.05, 0) is 6.04 Å². The Balaban J connectivity index is 2.69. The van der Waals surface area contributed by atoms with Gasteiger partial charge in [0, 0.05) is 0 Å². The van der Waals surface area contributed by atoms with Crippen molar-refractivity contribution in [2.75, 3.05) is 0 Å². The first-order valence-electron chi connectivity index (χ1n) is 5.00. The third-order valence-corrected chi connectivity index (χ3v) is 2.79. The molecule has 0 heterocycles. The number of rotatable bonds is 8. The highest BCUT2D eigenvalue weighted by Gasteiger charge is 1.90. The average Bonchev–Trinajstić information content (AvgIpc) is 2.03. The fourth-order valence-electron chi connectivity index (χ4n) is 1.24. The van der Waals surface area contributed by atoms with Crippen LogP contribution in [0.4, 0.5) is 0 Å². The molecule has 1 radical (unpaired) electrons. The lowest BCUT2D eigenvalue weighted by Gasteiger charge is -1.98. The summed E-state index contributed by atoms with van der Waals surface area (Å²) < 4.78 is 0. The molecule has 0 spiro atoms. The van der Waals surface area contributed by atoms with Crippen LogP contribution < -0.4 is 0 Å². The van der Waals surface area contributed by atoms with Crippen molar-refractivity contribution < 1.29 is 4.80 Å². The van der Waals surface area contributed by atoms with Gasteiger partial charge in [0.25, 0.3) is 0 Å². The molecule has 0 saturated carbocycles. The highest BCUT2D eigenvalue weighted by atomic mass is 28.2. The van der Waals surface area contributed by atoms with Gasteiger partial charge in [0.05, 0.1) is 0 Å². The van der Waals surface area contributed by atoms with Gasteiger partial charge < -0.3 is 4.80 Å². The molecule has 2 heteroatoms. The van der Waals surface area contributed by atoms with Crippen molar-refractivity contribution in [2.45, 2.75) is 57.9 Å². The second kappa shape index (κ2) is 10.2. The Labute approximate surface area is 73.2 Å². The fourth-order valence-corrected chi connectivity index (χ4v) is 1.79. The van der Waals surface area contributed by atoms with E-state index in [-0.39, 0.29) is 0 Å². The molecule has 0 aliphatic heterocycles. The molecule has 0 aromatic heterocycles. The maximum absolute atomic E-state index is 10.2. The lowest BCUT2D eigenvalue weighted by atomic mass is 10.1. The number of hydrogen-bond acceptors (Lipinski definition) is 0. The van der Waals surface area contributed by atoms with Crippen LogP contribution in [0.15, 0.2) is 0 Å². The standard InChI is InChI=1S/C9H21OSi/c1-2-3-4-5-6-7-8-9-11-10/h2-9,11H2,1H3. The van der Waals surface area contributed by atoms with Crippen molar-refractivity contribution in [2.24, 2.45) is 0 Å². The molecule has 0 bridgehead atoms. The van der Waals surface area contributed by atoms with E-state index < -0.39 is 9.76 Å². The predicted molar refractivity (Wildman–Crippen MR) is 52.0 cm³/mol. The van der Waals surface area contributed by atoms with Crippen molar-refractivity contribution in [3.05, 3.63) is 0 Å². The molecule has 0 aliphatic carbocycles. The summed E-state index contributed by atoms with van der Waals surface area (Å²) in [5, 5.41) is 0. The van der Waals surface area contributed by atoms with Crippen LogP contribution in [-0.4, -0.2) is 9.76 Å². The van der Waals surface area contributed by atoms with Crippen LogP contribution in [0.1, 0.15) is 51.9 Å². The molecule has 11 heavy (non-hydrogen) atoms. The minimum Gasteiger partial charge on any atom is -0.306 e. The zero-order chi connectivity index (χ0) is 8.36. The van der Waals surface area contributed by atoms with E-state index in [4.69, 9.17) is 0 Å². The summed E-state index contributed by atoms with van der Waals surface area (Å²) in [5.74, 6) is 0. The minimum atomic E-state index is -0.880. The highest BCUT2D eigenvalue weighted by molar-refractivity contribution is 6.24. The zero-order valence-electron chi connectivity index (χ0n) is 7.77. The van der Waals surface area contributed by atoms with Crippen molar-refractivity contribution in [3.8, 4) is 0 Å². The lowest BCUT2D eigenvalue weighted by molar-refractivity contribution is 0.468. The number of hydrogen-bond donors (Lipinski definition) is 0. The molecule has 1 nitrogen and oxygen atoms in total. The molecule has 0 saturated heterocycles. The topological polar surface area (TPSA) is 19.9 Å². The van der Waals surface area contributed by atoms with Gasteiger partial charge in [-0.1, -0.05) is 51.9 Å². The monoisotopic (exact) mass is 173 g/mol. The van der Waals surface area contributed by atoms with E-state index in [1.54, 1.807) is 0 Å². The SMILES string of the molecule is CCCCCCCCC[SiH2][O].